The van der Waals surface area contributed by atoms with Crippen molar-refractivity contribution in [3.05, 3.63) is 93.8 Å². The Bertz CT molecular complexity index is 1230. The van der Waals surface area contributed by atoms with E-state index in [1.54, 1.807) is 19.1 Å². The van der Waals surface area contributed by atoms with Crippen molar-refractivity contribution in [2.24, 2.45) is 5.92 Å². The Balaban J connectivity index is 1.95. The molecule has 0 saturated heterocycles. The first kappa shape index (κ1) is 29.7. The van der Waals surface area contributed by atoms with Gasteiger partial charge in [-0.2, -0.15) is 13.2 Å². The molecule has 0 atom stereocenters. The zero-order valence-electron chi connectivity index (χ0n) is 21.7. The molecule has 3 aromatic carbocycles. The number of carbonyl (C=O) groups excluding carboxylic acids is 1. The lowest BCUT2D eigenvalue weighted by Crippen LogP contribution is -2.25. The summed E-state index contributed by atoms with van der Waals surface area (Å²) in [7, 11) is 0. The fraction of sp³-hybridized carbons (Fsp3) is 0.367. The maximum absolute atomic E-state index is 14.1. The Kier molecular flexibility index (Phi) is 10.3. The number of ether oxygens (including phenoxy) is 1. The number of halogens is 5. The molecule has 0 aliphatic heterocycles. The van der Waals surface area contributed by atoms with E-state index >= 15 is 0 Å². The maximum Gasteiger partial charge on any atom is 0.416 e. The van der Waals surface area contributed by atoms with Crippen molar-refractivity contribution in [1.29, 1.82) is 0 Å². The quantitative estimate of drug-likeness (QED) is 0.178. The molecule has 204 valence electrons. The molecule has 3 rings (SSSR count). The Morgan fingerprint density at radius 3 is 2.18 bits per heavy atom. The SMILES string of the molecule is CCOC(=O)Cc1cc(CN(CCC(C)C)Cc2ccc(Cl)c(F)c2)cc(-c2ccc(C(F)(F)F)cc2)c1. The molecule has 8 heteroatoms. The molecular weight excluding hydrogens is 518 g/mol. The van der Waals surface area contributed by atoms with Crippen LogP contribution in [0.2, 0.25) is 5.02 Å². The Hall–Kier alpha value is -2.90. The van der Waals surface area contributed by atoms with Crippen molar-refractivity contribution in [3.63, 3.8) is 0 Å². The van der Waals surface area contributed by atoms with Crippen LogP contribution in [-0.4, -0.2) is 24.0 Å². The first-order chi connectivity index (χ1) is 17.9. The number of benzene rings is 3. The van der Waals surface area contributed by atoms with Crippen LogP contribution in [-0.2, 0) is 35.2 Å². The summed E-state index contributed by atoms with van der Waals surface area (Å²) in [5, 5.41) is 0.0651. The number of nitrogens with zero attached hydrogens (tertiary/aromatic N) is 1. The number of hydrogen-bond acceptors (Lipinski definition) is 3. The fourth-order valence-electron chi connectivity index (χ4n) is 4.16. The zero-order chi connectivity index (χ0) is 27.9. The summed E-state index contributed by atoms with van der Waals surface area (Å²) in [5.41, 5.74) is 2.97. The van der Waals surface area contributed by atoms with Gasteiger partial charge in [0, 0.05) is 13.1 Å². The predicted molar refractivity (Wildman–Crippen MR) is 142 cm³/mol. The van der Waals surface area contributed by atoms with Gasteiger partial charge in [0.25, 0.3) is 0 Å². The molecule has 0 unspecified atom stereocenters. The molecule has 0 radical (unpaired) electrons. The summed E-state index contributed by atoms with van der Waals surface area (Å²) < 4.78 is 58.4. The topological polar surface area (TPSA) is 29.5 Å². The molecule has 0 spiro atoms. The molecule has 0 saturated carbocycles. The summed E-state index contributed by atoms with van der Waals surface area (Å²) in [6.07, 6.45) is -3.46. The van der Waals surface area contributed by atoms with E-state index in [1.807, 2.05) is 12.1 Å². The minimum absolute atomic E-state index is 0.0453. The standard InChI is InChI=1S/C30H32ClF4NO2/c1-4-38-29(37)17-22-13-23(15-25(14-22)24-6-8-26(9-7-24)30(33,34)35)19-36(12-11-20(2)3)18-21-5-10-27(31)28(32)16-21/h5-10,13-16,20H,4,11-12,17-19H2,1-3H3. The second-order valence-electron chi connectivity index (χ2n) is 9.74. The number of hydrogen-bond donors (Lipinski definition) is 0. The largest absolute Gasteiger partial charge is 0.466 e. The molecule has 3 aromatic rings. The van der Waals surface area contributed by atoms with Crippen LogP contribution in [0.3, 0.4) is 0 Å². The zero-order valence-corrected chi connectivity index (χ0v) is 22.5. The number of rotatable bonds is 11. The summed E-state index contributed by atoms with van der Waals surface area (Å²) in [6.45, 7) is 7.98. The second kappa shape index (κ2) is 13.3. The molecule has 0 aliphatic rings. The highest BCUT2D eigenvalue weighted by Crippen LogP contribution is 2.32. The highest BCUT2D eigenvalue weighted by Gasteiger charge is 2.30. The summed E-state index contributed by atoms with van der Waals surface area (Å²) >= 11 is 5.85. The molecule has 3 nitrogen and oxygen atoms in total. The van der Waals surface area contributed by atoms with Gasteiger partial charge in [-0.05, 0) is 84.0 Å². The first-order valence-corrected chi connectivity index (χ1v) is 12.9. The average molecular weight is 550 g/mol. The normalized spacial score (nSPS) is 11.8. The van der Waals surface area contributed by atoms with Gasteiger partial charge in [0.05, 0.1) is 23.6 Å². The monoisotopic (exact) mass is 549 g/mol. The van der Waals surface area contributed by atoms with Gasteiger partial charge in [0.15, 0.2) is 0 Å². The van der Waals surface area contributed by atoms with E-state index in [4.69, 9.17) is 16.3 Å². The van der Waals surface area contributed by atoms with Crippen LogP contribution in [0.25, 0.3) is 11.1 Å². The number of esters is 1. The van der Waals surface area contributed by atoms with Crippen molar-refractivity contribution in [2.45, 2.75) is 52.9 Å². The second-order valence-corrected chi connectivity index (χ2v) is 10.1. The third-order valence-corrected chi connectivity index (χ3v) is 6.38. The lowest BCUT2D eigenvalue weighted by molar-refractivity contribution is -0.142. The van der Waals surface area contributed by atoms with Gasteiger partial charge in [0.2, 0.25) is 0 Å². The molecule has 0 aliphatic carbocycles. The van der Waals surface area contributed by atoms with Gasteiger partial charge >= 0.3 is 12.1 Å². The van der Waals surface area contributed by atoms with Gasteiger partial charge < -0.3 is 4.74 Å². The van der Waals surface area contributed by atoms with Crippen molar-refractivity contribution in [2.75, 3.05) is 13.2 Å². The molecule has 0 aromatic heterocycles. The lowest BCUT2D eigenvalue weighted by Gasteiger charge is -2.24. The molecule has 0 heterocycles. The van der Waals surface area contributed by atoms with Crippen LogP contribution in [0, 0.1) is 11.7 Å². The van der Waals surface area contributed by atoms with E-state index in [2.05, 4.69) is 18.7 Å². The van der Waals surface area contributed by atoms with Crippen LogP contribution in [0.4, 0.5) is 17.6 Å². The van der Waals surface area contributed by atoms with Crippen molar-refractivity contribution in [3.8, 4) is 11.1 Å². The summed E-state index contributed by atoms with van der Waals surface area (Å²) in [4.78, 5) is 14.4. The highest BCUT2D eigenvalue weighted by atomic mass is 35.5. The Morgan fingerprint density at radius 1 is 0.921 bits per heavy atom. The van der Waals surface area contributed by atoms with Gasteiger partial charge in [-0.3, -0.25) is 9.69 Å². The molecular formula is C30H32ClF4NO2. The van der Waals surface area contributed by atoms with Gasteiger partial charge in [-0.15, -0.1) is 0 Å². The van der Waals surface area contributed by atoms with E-state index in [-0.39, 0.29) is 24.0 Å². The number of carbonyl (C=O) groups is 1. The lowest BCUT2D eigenvalue weighted by atomic mass is 9.97. The van der Waals surface area contributed by atoms with Gasteiger partial charge in [-0.1, -0.05) is 55.8 Å². The fourth-order valence-corrected chi connectivity index (χ4v) is 4.28. The third-order valence-electron chi connectivity index (χ3n) is 6.07. The van der Waals surface area contributed by atoms with Gasteiger partial charge in [0.1, 0.15) is 5.82 Å². The van der Waals surface area contributed by atoms with Crippen LogP contribution in [0.5, 0.6) is 0 Å². The van der Waals surface area contributed by atoms with Crippen LogP contribution < -0.4 is 0 Å². The minimum atomic E-state index is -4.42. The average Bonchev–Trinajstić information content (AvgIpc) is 2.84. The van der Waals surface area contributed by atoms with E-state index in [1.165, 1.54) is 24.3 Å². The first-order valence-electron chi connectivity index (χ1n) is 12.6. The maximum atomic E-state index is 14.1. The molecule has 0 fully saturated rings. The van der Waals surface area contributed by atoms with Gasteiger partial charge in [-0.25, -0.2) is 4.39 Å². The van der Waals surface area contributed by atoms with E-state index in [0.29, 0.717) is 35.7 Å². The molecule has 38 heavy (non-hydrogen) atoms. The van der Waals surface area contributed by atoms with Crippen molar-refractivity contribution < 1.29 is 27.1 Å². The van der Waals surface area contributed by atoms with Crippen LogP contribution in [0.15, 0.2) is 60.7 Å². The van der Waals surface area contributed by atoms with E-state index in [9.17, 15) is 22.4 Å². The number of alkyl halides is 3. The molecule has 0 N–H and O–H groups in total. The minimum Gasteiger partial charge on any atom is -0.466 e. The van der Waals surface area contributed by atoms with Crippen molar-refractivity contribution in [1.82, 2.24) is 4.90 Å². The Morgan fingerprint density at radius 2 is 1.58 bits per heavy atom. The van der Waals surface area contributed by atoms with Crippen LogP contribution >= 0.6 is 11.6 Å². The van der Waals surface area contributed by atoms with E-state index < -0.39 is 17.6 Å². The smallest absolute Gasteiger partial charge is 0.416 e. The summed E-state index contributed by atoms with van der Waals surface area (Å²) in [6, 6.07) is 15.4. The summed E-state index contributed by atoms with van der Waals surface area (Å²) in [5.74, 6) is -0.400. The molecule has 0 bridgehead atoms. The highest BCUT2D eigenvalue weighted by molar-refractivity contribution is 6.30. The third kappa shape index (κ3) is 8.84. The van der Waals surface area contributed by atoms with E-state index in [0.717, 1.165) is 36.2 Å². The molecule has 0 amide bonds. The van der Waals surface area contributed by atoms with Crippen molar-refractivity contribution >= 4 is 17.6 Å². The van der Waals surface area contributed by atoms with Crippen LogP contribution in [0.1, 0.15) is 49.4 Å². The Labute approximate surface area is 226 Å². The predicted octanol–water partition coefficient (Wildman–Crippen LogP) is 8.32.